The van der Waals surface area contributed by atoms with Crippen LogP contribution in [-0.4, -0.2) is 5.78 Å². The van der Waals surface area contributed by atoms with E-state index >= 15 is 0 Å². The molecule has 1 aliphatic rings. The second-order valence-electron chi connectivity index (χ2n) is 4.39. The summed E-state index contributed by atoms with van der Waals surface area (Å²) in [6, 6.07) is 3.58. The van der Waals surface area contributed by atoms with Crippen molar-refractivity contribution in [2.45, 2.75) is 32.1 Å². The number of hydrogen-bond donors (Lipinski definition) is 0. The van der Waals surface area contributed by atoms with Gasteiger partial charge in [0.2, 0.25) is 0 Å². The van der Waals surface area contributed by atoms with Crippen molar-refractivity contribution in [2.75, 3.05) is 0 Å². The average molecular weight is 236 g/mol. The van der Waals surface area contributed by atoms with Gasteiger partial charge in [-0.15, -0.1) is 0 Å². The first kappa shape index (κ1) is 12.0. The molecule has 0 saturated heterocycles. The van der Waals surface area contributed by atoms with Gasteiger partial charge in [-0.1, -0.05) is 11.6 Å². The highest BCUT2D eigenvalue weighted by molar-refractivity contribution is 5.90. The van der Waals surface area contributed by atoms with Crippen LogP contribution < -0.4 is 0 Å². The molecule has 0 fully saturated rings. The average Bonchev–Trinajstić information content (AvgIpc) is 2.47. The summed E-state index contributed by atoms with van der Waals surface area (Å²) in [6.45, 7) is 0. The van der Waals surface area contributed by atoms with Gasteiger partial charge in [0.15, 0.2) is 5.78 Å². The smallest absolute Gasteiger partial charge is 0.155 e. The van der Waals surface area contributed by atoms with Crippen molar-refractivity contribution in [3.63, 3.8) is 0 Å². The zero-order chi connectivity index (χ0) is 12.3. The van der Waals surface area contributed by atoms with Gasteiger partial charge in [-0.3, -0.25) is 4.79 Å². The van der Waals surface area contributed by atoms with Crippen LogP contribution in [0.5, 0.6) is 0 Å². The molecule has 0 aromatic heterocycles. The molecule has 0 atom stereocenters. The van der Waals surface area contributed by atoms with Crippen LogP contribution in [0.1, 0.15) is 31.2 Å². The minimum Gasteiger partial charge on any atom is -0.295 e. The van der Waals surface area contributed by atoms with E-state index in [1.807, 2.05) is 0 Å². The fourth-order valence-corrected chi connectivity index (χ4v) is 2.07. The van der Waals surface area contributed by atoms with Crippen molar-refractivity contribution in [1.82, 2.24) is 0 Å². The Balaban J connectivity index is 2.16. The molecule has 0 heterocycles. The summed E-state index contributed by atoms with van der Waals surface area (Å²) in [5.41, 5.74) is 1.39. The van der Waals surface area contributed by atoms with E-state index in [0.29, 0.717) is 18.4 Å². The first-order valence-electron chi connectivity index (χ1n) is 5.81. The Kier molecular flexibility index (Phi) is 3.67. The van der Waals surface area contributed by atoms with Crippen LogP contribution in [0, 0.1) is 11.6 Å². The Morgan fingerprint density at radius 3 is 2.65 bits per heavy atom. The molecule has 0 amide bonds. The molecule has 0 saturated carbocycles. The van der Waals surface area contributed by atoms with Crippen LogP contribution in [0.25, 0.3) is 0 Å². The Morgan fingerprint density at radius 1 is 1.12 bits per heavy atom. The van der Waals surface area contributed by atoms with E-state index in [-0.39, 0.29) is 5.78 Å². The lowest BCUT2D eigenvalue weighted by Gasteiger charge is -2.06. The maximum absolute atomic E-state index is 13.5. The second kappa shape index (κ2) is 5.21. The Bertz CT molecular complexity index is 463. The van der Waals surface area contributed by atoms with Crippen molar-refractivity contribution in [3.8, 4) is 0 Å². The zero-order valence-electron chi connectivity index (χ0n) is 9.51. The standard InChI is InChI=1S/C14H14F2O/c15-12-6-5-11(14(16)9-12)7-10-3-1-2-4-13(17)8-10/h5-6,8-9H,1-4,7H2. The molecule has 0 radical (unpaired) electrons. The van der Waals surface area contributed by atoms with E-state index < -0.39 is 11.6 Å². The van der Waals surface area contributed by atoms with Crippen LogP contribution in [0.2, 0.25) is 0 Å². The third kappa shape index (κ3) is 3.22. The monoisotopic (exact) mass is 236 g/mol. The maximum atomic E-state index is 13.5. The summed E-state index contributed by atoms with van der Waals surface area (Å²) in [5, 5.41) is 0. The van der Waals surface area contributed by atoms with Crippen molar-refractivity contribution in [3.05, 3.63) is 47.0 Å². The molecule has 0 N–H and O–H groups in total. The number of hydrogen-bond acceptors (Lipinski definition) is 1. The van der Waals surface area contributed by atoms with Gasteiger partial charge in [-0.05, 0) is 43.4 Å². The number of rotatable bonds is 2. The minimum absolute atomic E-state index is 0.111. The van der Waals surface area contributed by atoms with Crippen molar-refractivity contribution in [1.29, 1.82) is 0 Å². The summed E-state index contributed by atoms with van der Waals surface area (Å²) < 4.78 is 26.2. The largest absolute Gasteiger partial charge is 0.295 e. The molecule has 1 nitrogen and oxygen atoms in total. The van der Waals surface area contributed by atoms with Crippen LogP contribution in [0.3, 0.4) is 0 Å². The van der Waals surface area contributed by atoms with E-state index in [0.717, 1.165) is 30.9 Å². The predicted molar refractivity (Wildman–Crippen MR) is 61.6 cm³/mol. The molecular weight excluding hydrogens is 222 g/mol. The van der Waals surface area contributed by atoms with Crippen LogP contribution in [0.15, 0.2) is 29.8 Å². The lowest BCUT2D eigenvalue weighted by atomic mass is 10.0. The van der Waals surface area contributed by atoms with E-state index in [1.165, 1.54) is 12.1 Å². The molecule has 90 valence electrons. The van der Waals surface area contributed by atoms with E-state index in [1.54, 1.807) is 6.08 Å². The number of carbonyl (C=O) groups is 1. The van der Waals surface area contributed by atoms with Gasteiger partial charge in [-0.25, -0.2) is 8.78 Å². The van der Waals surface area contributed by atoms with Gasteiger partial charge < -0.3 is 0 Å². The van der Waals surface area contributed by atoms with Gasteiger partial charge in [0, 0.05) is 12.5 Å². The fraction of sp³-hybridized carbons (Fsp3) is 0.357. The first-order valence-corrected chi connectivity index (χ1v) is 5.81. The fourth-order valence-electron chi connectivity index (χ4n) is 2.07. The molecule has 0 bridgehead atoms. The Labute approximate surface area is 99.1 Å². The highest BCUT2D eigenvalue weighted by atomic mass is 19.1. The number of carbonyl (C=O) groups excluding carboxylic acids is 1. The molecule has 0 aliphatic heterocycles. The van der Waals surface area contributed by atoms with Gasteiger partial charge in [0.25, 0.3) is 0 Å². The number of benzene rings is 1. The van der Waals surface area contributed by atoms with E-state index in [4.69, 9.17) is 0 Å². The topological polar surface area (TPSA) is 17.1 Å². The molecule has 2 rings (SSSR count). The minimum atomic E-state index is -0.572. The molecular formula is C14H14F2O. The summed E-state index contributed by atoms with van der Waals surface area (Å²) >= 11 is 0. The number of allylic oxidation sites excluding steroid dienone is 2. The van der Waals surface area contributed by atoms with E-state index in [2.05, 4.69) is 0 Å². The lowest BCUT2D eigenvalue weighted by molar-refractivity contribution is -0.114. The second-order valence-corrected chi connectivity index (χ2v) is 4.39. The normalized spacial score (nSPS) is 16.6. The predicted octanol–water partition coefficient (Wildman–Crippen LogP) is 3.58. The van der Waals surface area contributed by atoms with Crippen LogP contribution in [0.4, 0.5) is 8.78 Å². The quantitative estimate of drug-likeness (QED) is 0.767. The first-order chi connectivity index (χ1) is 8.15. The number of ketones is 1. The highest BCUT2D eigenvalue weighted by Crippen LogP contribution is 2.21. The SMILES string of the molecule is O=C1C=C(Cc2ccc(F)cc2F)CCCC1. The summed E-state index contributed by atoms with van der Waals surface area (Å²) in [7, 11) is 0. The zero-order valence-corrected chi connectivity index (χ0v) is 9.51. The van der Waals surface area contributed by atoms with E-state index in [9.17, 15) is 13.6 Å². The lowest BCUT2D eigenvalue weighted by Crippen LogP contribution is -1.97. The Hall–Kier alpha value is -1.51. The Morgan fingerprint density at radius 2 is 1.88 bits per heavy atom. The number of halogens is 2. The molecule has 0 unspecified atom stereocenters. The van der Waals surface area contributed by atoms with Crippen molar-refractivity contribution >= 4 is 5.78 Å². The van der Waals surface area contributed by atoms with Crippen molar-refractivity contribution < 1.29 is 13.6 Å². The molecule has 3 heteroatoms. The molecule has 0 spiro atoms. The molecule has 17 heavy (non-hydrogen) atoms. The third-order valence-electron chi connectivity index (χ3n) is 2.97. The van der Waals surface area contributed by atoms with Gasteiger partial charge >= 0.3 is 0 Å². The summed E-state index contributed by atoms with van der Waals surface area (Å²) in [5.74, 6) is -1.00. The van der Waals surface area contributed by atoms with Gasteiger partial charge in [0.1, 0.15) is 11.6 Å². The molecule has 1 aromatic carbocycles. The molecule has 1 aliphatic carbocycles. The van der Waals surface area contributed by atoms with Gasteiger partial charge in [-0.2, -0.15) is 0 Å². The maximum Gasteiger partial charge on any atom is 0.155 e. The van der Waals surface area contributed by atoms with Crippen LogP contribution in [-0.2, 0) is 11.2 Å². The summed E-state index contributed by atoms with van der Waals surface area (Å²) in [4.78, 5) is 11.4. The third-order valence-corrected chi connectivity index (χ3v) is 2.97. The van der Waals surface area contributed by atoms with Gasteiger partial charge in [0.05, 0.1) is 0 Å². The van der Waals surface area contributed by atoms with Crippen LogP contribution >= 0.6 is 0 Å². The van der Waals surface area contributed by atoms with Crippen molar-refractivity contribution in [2.24, 2.45) is 0 Å². The highest BCUT2D eigenvalue weighted by Gasteiger charge is 2.11. The summed E-state index contributed by atoms with van der Waals surface area (Å²) in [6.07, 6.45) is 5.27. The molecule has 1 aromatic rings.